The average molecular weight is 409 g/mol. The summed E-state index contributed by atoms with van der Waals surface area (Å²) in [6.07, 6.45) is 9.49. The summed E-state index contributed by atoms with van der Waals surface area (Å²) in [7, 11) is 4.04. The third-order valence-corrected chi connectivity index (χ3v) is 6.29. The van der Waals surface area contributed by atoms with Crippen molar-refractivity contribution in [1.29, 1.82) is 0 Å². The molecule has 0 radical (unpaired) electrons. The van der Waals surface area contributed by atoms with Crippen LogP contribution in [-0.2, 0) is 13.0 Å². The number of aryl methyl sites for hydroxylation is 1. The molecule has 1 aliphatic rings. The van der Waals surface area contributed by atoms with Crippen molar-refractivity contribution in [2.24, 2.45) is 22.7 Å². The van der Waals surface area contributed by atoms with Crippen molar-refractivity contribution in [2.45, 2.75) is 71.0 Å². The Morgan fingerprint density at radius 3 is 2.61 bits per heavy atom. The monoisotopic (exact) mass is 408 g/mol. The highest BCUT2D eigenvalue weighted by atomic mass is 32.2. The molecule has 1 heterocycles. The lowest BCUT2D eigenvalue weighted by molar-refractivity contribution is 0.250. The molecule has 1 aromatic heterocycles. The van der Waals surface area contributed by atoms with Crippen LogP contribution in [0.3, 0.4) is 0 Å². The summed E-state index contributed by atoms with van der Waals surface area (Å²) in [5.74, 6) is 4.41. The molecule has 0 amide bonds. The van der Waals surface area contributed by atoms with Crippen LogP contribution in [0.25, 0.3) is 0 Å². The molecule has 1 fully saturated rings. The molecule has 0 bridgehead atoms. The van der Waals surface area contributed by atoms with Gasteiger partial charge in [0.25, 0.3) is 0 Å². The quantitative estimate of drug-likeness (QED) is 0.290. The summed E-state index contributed by atoms with van der Waals surface area (Å²) in [6, 6.07) is 0. The van der Waals surface area contributed by atoms with Gasteiger partial charge in [0.1, 0.15) is 5.82 Å². The van der Waals surface area contributed by atoms with Gasteiger partial charge in [-0.05, 0) is 43.3 Å². The number of hydrogen-bond acceptors (Lipinski definition) is 4. The van der Waals surface area contributed by atoms with Gasteiger partial charge in [-0.2, -0.15) is 0 Å². The van der Waals surface area contributed by atoms with Crippen molar-refractivity contribution in [3.05, 3.63) is 5.82 Å². The zero-order valence-electron chi connectivity index (χ0n) is 18.7. The van der Waals surface area contributed by atoms with E-state index in [4.69, 9.17) is 0 Å². The fourth-order valence-corrected chi connectivity index (χ4v) is 4.54. The molecule has 0 saturated heterocycles. The first-order valence-electron chi connectivity index (χ1n) is 10.8. The zero-order valence-corrected chi connectivity index (χ0v) is 19.6. The van der Waals surface area contributed by atoms with Gasteiger partial charge in [0, 0.05) is 40.2 Å². The molecule has 1 saturated carbocycles. The Morgan fingerprint density at radius 1 is 1.29 bits per heavy atom. The van der Waals surface area contributed by atoms with Crippen molar-refractivity contribution in [3.8, 4) is 0 Å². The summed E-state index contributed by atoms with van der Waals surface area (Å²) in [6.45, 7) is 9.85. The van der Waals surface area contributed by atoms with E-state index in [-0.39, 0.29) is 0 Å². The van der Waals surface area contributed by atoms with Crippen LogP contribution in [0.5, 0.6) is 0 Å². The first kappa shape index (κ1) is 23.0. The van der Waals surface area contributed by atoms with Crippen LogP contribution in [-0.4, -0.2) is 59.1 Å². The van der Waals surface area contributed by atoms with Gasteiger partial charge in [-0.15, -0.1) is 10.2 Å². The molecule has 1 N–H and O–H groups in total. The van der Waals surface area contributed by atoms with Gasteiger partial charge < -0.3 is 14.8 Å². The number of rotatable bonds is 9. The topological polar surface area (TPSA) is 58.3 Å². The van der Waals surface area contributed by atoms with Crippen molar-refractivity contribution in [1.82, 2.24) is 25.0 Å². The van der Waals surface area contributed by atoms with Crippen molar-refractivity contribution >= 4 is 17.7 Å². The maximum absolute atomic E-state index is 4.48. The highest BCUT2D eigenvalue weighted by Crippen LogP contribution is 2.28. The van der Waals surface area contributed by atoms with E-state index in [1.54, 1.807) is 11.8 Å². The predicted molar refractivity (Wildman–Crippen MR) is 120 cm³/mol. The fourth-order valence-electron chi connectivity index (χ4n) is 4.02. The molecule has 1 aliphatic carbocycles. The van der Waals surface area contributed by atoms with Gasteiger partial charge in [-0.3, -0.25) is 4.99 Å². The second-order valence-corrected chi connectivity index (χ2v) is 9.46. The molecule has 7 heteroatoms. The number of nitrogens with one attached hydrogen (secondary N) is 1. The molecule has 28 heavy (non-hydrogen) atoms. The lowest BCUT2D eigenvalue weighted by atomic mass is 9.83. The van der Waals surface area contributed by atoms with Crippen LogP contribution in [0.2, 0.25) is 0 Å². The van der Waals surface area contributed by atoms with E-state index >= 15 is 0 Å². The second-order valence-electron chi connectivity index (χ2n) is 8.69. The van der Waals surface area contributed by atoms with Gasteiger partial charge in [0.05, 0.1) is 0 Å². The van der Waals surface area contributed by atoms with Crippen LogP contribution in [0.15, 0.2) is 10.1 Å². The molecule has 0 aromatic carbocycles. The normalized spacial score (nSPS) is 20.6. The van der Waals surface area contributed by atoms with Gasteiger partial charge in [-0.1, -0.05) is 45.4 Å². The summed E-state index contributed by atoms with van der Waals surface area (Å²) in [5, 5.41) is 13.3. The fraction of sp³-hybridized carbons (Fsp3) is 0.857. The predicted octanol–water partition coefficient (Wildman–Crippen LogP) is 3.92. The summed E-state index contributed by atoms with van der Waals surface area (Å²) < 4.78 is 2.28. The number of nitrogens with zero attached hydrogens (tertiary/aromatic N) is 5. The number of hydrogen-bond donors (Lipinski definition) is 1. The van der Waals surface area contributed by atoms with Crippen molar-refractivity contribution < 1.29 is 0 Å². The molecule has 0 atom stereocenters. The van der Waals surface area contributed by atoms with Gasteiger partial charge in [0.2, 0.25) is 0 Å². The first-order valence-corrected chi connectivity index (χ1v) is 12.0. The minimum absolute atomic E-state index is 0.592. The Bertz CT molecular complexity index is 604. The molecule has 6 nitrogen and oxygen atoms in total. The third kappa shape index (κ3) is 6.98. The van der Waals surface area contributed by atoms with E-state index < -0.39 is 0 Å². The summed E-state index contributed by atoms with van der Waals surface area (Å²) >= 11 is 1.67. The molecular weight excluding hydrogens is 368 g/mol. The zero-order chi connectivity index (χ0) is 20.5. The minimum Gasteiger partial charge on any atom is -0.356 e. The first-order chi connectivity index (χ1) is 13.4. The van der Waals surface area contributed by atoms with Gasteiger partial charge in [0.15, 0.2) is 11.1 Å². The van der Waals surface area contributed by atoms with E-state index in [0.717, 1.165) is 61.3 Å². The standard InChI is InChI=1S/C21H40N6S/c1-16(2)14-27-19(24-25-21(27)28-6)8-7-13-23-20(22-4)26(5)15-18-11-9-17(3)10-12-18/h16-18H,7-15H2,1-6H3,(H,22,23). The Kier molecular flexibility index (Phi) is 9.62. The molecule has 0 unspecified atom stereocenters. The smallest absolute Gasteiger partial charge is 0.193 e. The Morgan fingerprint density at radius 2 is 2.00 bits per heavy atom. The van der Waals surface area contributed by atoms with Gasteiger partial charge >= 0.3 is 0 Å². The van der Waals surface area contributed by atoms with Crippen LogP contribution in [0.4, 0.5) is 0 Å². The van der Waals surface area contributed by atoms with Crippen molar-refractivity contribution in [3.63, 3.8) is 0 Å². The molecule has 160 valence electrons. The maximum atomic E-state index is 4.48. The highest BCUT2D eigenvalue weighted by Gasteiger charge is 2.20. The number of aromatic nitrogens is 3. The highest BCUT2D eigenvalue weighted by molar-refractivity contribution is 7.98. The molecule has 0 aliphatic heterocycles. The van der Waals surface area contributed by atoms with E-state index in [1.165, 1.54) is 25.7 Å². The summed E-state index contributed by atoms with van der Waals surface area (Å²) in [4.78, 5) is 6.78. The molecule has 1 aromatic rings. The number of thioether (sulfide) groups is 1. The van der Waals surface area contributed by atoms with Crippen LogP contribution in [0.1, 0.15) is 58.7 Å². The van der Waals surface area contributed by atoms with E-state index in [1.807, 2.05) is 7.05 Å². The SMILES string of the molecule is CN=C(NCCCc1nnc(SC)n1CC(C)C)N(C)CC1CCC(C)CC1. The van der Waals surface area contributed by atoms with E-state index in [9.17, 15) is 0 Å². The Hall–Kier alpha value is -1.24. The average Bonchev–Trinajstić information content (AvgIpc) is 3.04. The van der Waals surface area contributed by atoms with E-state index in [2.05, 4.69) is 64.0 Å². The third-order valence-electron chi connectivity index (χ3n) is 5.62. The van der Waals surface area contributed by atoms with Crippen molar-refractivity contribution in [2.75, 3.05) is 33.4 Å². The van der Waals surface area contributed by atoms with Gasteiger partial charge in [-0.25, -0.2) is 0 Å². The van der Waals surface area contributed by atoms with Crippen LogP contribution < -0.4 is 5.32 Å². The van der Waals surface area contributed by atoms with Crippen LogP contribution >= 0.6 is 11.8 Å². The minimum atomic E-state index is 0.592. The maximum Gasteiger partial charge on any atom is 0.193 e. The second kappa shape index (κ2) is 11.7. The molecule has 2 rings (SSSR count). The lowest BCUT2D eigenvalue weighted by Gasteiger charge is -2.31. The Labute approximate surface area is 176 Å². The lowest BCUT2D eigenvalue weighted by Crippen LogP contribution is -2.42. The van der Waals surface area contributed by atoms with E-state index in [0.29, 0.717) is 5.92 Å². The molecule has 0 spiro atoms. The largest absolute Gasteiger partial charge is 0.356 e. The Balaban J connectivity index is 1.77. The molecular formula is C21H40N6S. The number of guanidine groups is 1. The summed E-state index contributed by atoms with van der Waals surface area (Å²) in [5.41, 5.74) is 0. The van der Waals surface area contributed by atoms with Crippen LogP contribution in [0, 0.1) is 17.8 Å². The number of aliphatic imine (C=N–C) groups is 1.